The predicted octanol–water partition coefficient (Wildman–Crippen LogP) is 2.43. The van der Waals surface area contributed by atoms with Crippen molar-refractivity contribution in [3.05, 3.63) is 0 Å². The van der Waals surface area contributed by atoms with Crippen molar-refractivity contribution in [3.63, 3.8) is 0 Å². The van der Waals surface area contributed by atoms with E-state index in [1.165, 1.54) is 17.9 Å². The van der Waals surface area contributed by atoms with E-state index < -0.39 is 0 Å². The Morgan fingerprint density at radius 2 is 2.39 bits per heavy atom. The van der Waals surface area contributed by atoms with Gasteiger partial charge in [-0.25, -0.2) is 0 Å². The molecule has 2 fully saturated rings. The molecule has 1 spiro atoms. The first-order chi connectivity index (χ1) is 8.76. The Morgan fingerprint density at radius 1 is 1.50 bits per heavy atom. The van der Waals surface area contributed by atoms with Crippen molar-refractivity contribution >= 4 is 11.8 Å². The van der Waals surface area contributed by atoms with Gasteiger partial charge in [0, 0.05) is 31.6 Å². The largest absolute Gasteiger partial charge is 0.381 e. The summed E-state index contributed by atoms with van der Waals surface area (Å²) in [6.45, 7) is 4.71. The van der Waals surface area contributed by atoms with Crippen LogP contribution in [0.2, 0.25) is 0 Å². The summed E-state index contributed by atoms with van der Waals surface area (Å²) in [6.07, 6.45) is 5.59. The zero-order valence-electron chi connectivity index (χ0n) is 11.5. The minimum Gasteiger partial charge on any atom is -0.381 e. The van der Waals surface area contributed by atoms with E-state index in [0.717, 1.165) is 45.5 Å². The number of hydrogen-bond acceptors (Lipinski definition) is 4. The molecule has 2 heterocycles. The summed E-state index contributed by atoms with van der Waals surface area (Å²) in [5.41, 5.74) is 6.50. The first kappa shape index (κ1) is 14.6. The lowest BCUT2D eigenvalue weighted by Gasteiger charge is -2.40. The van der Waals surface area contributed by atoms with Crippen molar-refractivity contribution in [2.75, 3.05) is 31.3 Å². The van der Waals surface area contributed by atoms with Gasteiger partial charge in [-0.3, -0.25) is 0 Å². The molecule has 0 aliphatic carbocycles. The van der Waals surface area contributed by atoms with Crippen LogP contribution in [0.25, 0.3) is 0 Å². The van der Waals surface area contributed by atoms with Gasteiger partial charge in [0.05, 0.1) is 5.60 Å². The van der Waals surface area contributed by atoms with Gasteiger partial charge in [-0.15, -0.1) is 0 Å². The molecule has 2 rings (SSSR count). The highest BCUT2D eigenvalue weighted by Gasteiger charge is 2.41. The SMILES string of the molecule is CCCOCCC(N)C1CCOC2(CCSC2)C1. The molecule has 0 bridgehead atoms. The van der Waals surface area contributed by atoms with Crippen LogP contribution in [-0.4, -0.2) is 43.0 Å². The molecule has 2 N–H and O–H groups in total. The van der Waals surface area contributed by atoms with Crippen molar-refractivity contribution in [3.8, 4) is 0 Å². The summed E-state index contributed by atoms with van der Waals surface area (Å²) in [4.78, 5) is 0. The number of nitrogens with two attached hydrogens (primary N) is 1. The molecule has 0 radical (unpaired) electrons. The molecule has 0 aromatic rings. The average molecular weight is 273 g/mol. The monoisotopic (exact) mass is 273 g/mol. The van der Waals surface area contributed by atoms with Crippen LogP contribution in [0.3, 0.4) is 0 Å². The molecular formula is C14H27NO2S. The molecule has 2 aliphatic heterocycles. The Bertz CT molecular complexity index is 244. The van der Waals surface area contributed by atoms with Gasteiger partial charge in [0.2, 0.25) is 0 Å². The van der Waals surface area contributed by atoms with E-state index in [1.54, 1.807) is 0 Å². The molecule has 0 amide bonds. The van der Waals surface area contributed by atoms with Crippen LogP contribution < -0.4 is 5.73 Å². The summed E-state index contributed by atoms with van der Waals surface area (Å²) in [5.74, 6) is 3.05. The highest BCUT2D eigenvalue weighted by Crippen LogP contribution is 2.41. The maximum atomic E-state index is 6.34. The van der Waals surface area contributed by atoms with Crippen molar-refractivity contribution in [1.29, 1.82) is 0 Å². The quantitative estimate of drug-likeness (QED) is 0.755. The van der Waals surface area contributed by atoms with Crippen LogP contribution in [-0.2, 0) is 9.47 Å². The summed E-state index contributed by atoms with van der Waals surface area (Å²) in [6, 6.07) is 0.285. The fourth-order valence-electron chi connectivity index (χ4n) is 3.00. The number of ether oxygens (including phenoxy) is 2. The smallest absolute Gasteiger partial charge is 0.0783 e. The van der Waals surface area contributed by atoms with Crippen LogP contribution in [0.4, 0.5) is 0 Å². The van der Waals surface area contributed by atoms with Crippen LogP contribution in [0, 0.1) is 5.92 Å². The highest BCUT2D eigenvalue weighted by molar-refractivity contribution is 7.99. The van der Waals surface area contributed by atoms with Crippen LogP contribution in [0.5, 0.6) is 0 Å². The van der Waals surface area contributed by atoms with Crippen molar-refractivity contribution in [2.24, 2.45) is 11.7 Å². The summed E-state index contributed by atoms with van der Waals surface area (Å²) in [7, 11) is 0. The Labute approximate surface area is 115 Å². The summed E-state index contributed by atoms with van der Waals surface area (Å²) < 4.78 is 11.6. The second kappa shape index (κ2) is 7.13. The average Bonchev–Trinajstić information content (AvgIpc) is 2.82. The zero-order valence-corrected chi connectivity index (χ0v) is 12.3. The lowest BCUT2D eigenvalue weighted by atomic mass is 9.80. The molecule has 0 saturated carbocycles. The Morgan fingerprint density at radius 3 is 3.11 bits per heavy atom. The van der Waals surface area contributed by atoms with Gasteiger partial charge < -0.3 is 15.2 Å². The fourth-order valence-corrected chi connectivity index (χ4v) is 4.37. The third kappa shape index (κ3) is 3.86. The first-order valence-electron chi connectivity index (χ1n) is 7.31. The van der Waals surface area contributed by atoms with E-state index >= 15 is 0 Å². The number of thioether (sulfide) groups is 1. The zero-order chi connectivity index (χ0) is 12.8. The molecule has 106 valence electrons. The third-order valence-electron chi connectivity index (χ3n) is 4.15. The minimum atomic E-state index is 0.162. The fraction of sp³-hybridized carbons (Fsp3) is 1.00. The lowest BCUT2D eigenvalue weighted by molar-refractivity contribution is -0.0843. The summed E-state index contributed by atoms with van der Waals surface area (Å²) >= 11 is 2.03. The molecule has 18 heavy (non-hydrogen) atoms. The van der Waals surface area contributed by atoms with Crippen molar-refractivity contribution in [2.45, 2.75) is 50.7 Å². The van der Waals surface area contributed by atoms with Crippen molar-refractivity contribution < 1.29 is 9.47 Å². The normalized spacial score (nSPS) is 34.0. The summed E-state index contributed by atoms with van der Waals surface area (Å²) in [5, 5.41) is 0. The van der Waals surface area contributed by atoms with Crippen LogP contribution in [0.15, 0.2) is 0 Å². The molecular weight excluding hydrogens is 246 g/mol. The predicted molar refractivity (Wildman–Crippen MR) is 77.1 cm³/mol. The maximum Gasteiger partial charge on any atom is 0.0783 e. The second-order valence-corrected chi connectivity index (χ2v) is 6.76. The number of hydrogen-bond donors (Lipinski definition) is 1. The Hall–Kier alpha value is 0.230. The van der Waals surface area contributed by atoms with E-state index in [9.17, 15) is 0 Å². The van der Waals surface area contributed by atoms with E-state index in [2.05, 4.69) is 6.92 Å². The molecule has 2 aliphatic rings. The van der Waals surface area contributed by atoms with Gasteiger partial charge >= 0.3 is 0 Å². The molecule has 0 aromatic heterocycles. The van der Waals surface area contributed by atoms with Gasteiger partial charge in [-0.1, -0.05) is 6.92 Å². The van der Waals surface area contributed by atoms with Gasteiger partial charge in [-0.05, 0) is 43.8 Å². The van der Waals surface area contributed by atoms with E-state index in [-0.39, 0.29) is 11.6 Å². The van der Waals surface area contributed by atoms with Gasteiger partial charge in [-0.2, -0.15) is 11.8 Å². The molecule has 2 saturated heterocycles. The Kier molecular flexibility index (Phi) is 5.80. The maximum absolute atomic E-state index is 6.34. The van der Waals surface area contributed by atoms with Gasteiger partial charge in [0.25, 0.3) is 0 Å². The van der Waals surface area contributed by atoms with Gasteiger partial charge in [0.1, 0.15) is 0 Å². The number of rotatable bonds is 6. The molecule has 3 unspecified atom stereocenters. The van der Waals surface area contributed by atoms with Crippen LogP contribution in [0.1, 0.15) is 39.0 Å². The lowest BCUT2D eigenvalue weighted by Crippen LogP contribution is -2.45. The van der Waals surface area contributed by atoms with E-state index in [0.29, 0.717) is 5.92 Å². The van der Waals surface area contributed by atoms with E-state index in [1.807, 2.05) is 11.8 Å². The second-order valence-electron chi connectivity index (χ2n) is 5.65. The molecule has 3 nitrogen and oxygen atoms in total. The van der Waals surface area contributed by atoms with Crippen LogP contribution >= 0.6 is 11.8 Å². The van der Waals surface area contributed by atoms with E-state index in [4.69, 9.17) is 15.2 Å². The van der Waals surface area contributed by atoms with Gasteiger partial charge in [0.15, 0.2) is 0 Å². The third-order valence-corrected chi connectivity index (χ3v) is 5.37. The molecule has 0 aromatic carbocycles. The highest BCUT2D eigenvalue weighted by atomic mass is 32.2. The standard InChI is InChI=1S/C14H27NO2S/c1-2-6-16-7-4-13(15)12-3-8-17-14(10-12)5-9-18-11-14/h12-13H,2-11,15H2,1H3. The Balaban J connectivity index is 1.74. The minimum absolute atomic E-state index is 0.162. The molecule has 4 heteroatoms. The first-order valence-corrected chi connectivity index (χ1v) is 8.46. The molecule has 3 atom stereocenters. The van der Waals surface area contributed by atoms with Crippen molar-refractivity contribution in [1.82, 2.24) is 0 Å². The topological polar surface area (TPSA) is 44.5 Å².